The first kappa shape index (κ1) is 12.6. The lowest BCUT2D eigenvalue weighted by atomic mass is 9.98. The zero-order valence-electron chi connectivity index (χ0n) is 10.4. The van der Waals surface area contributed by atoms with E-state index in [1.807, 2.05) is 0 Å². The SMILES string of the molecule is CCOC(=O)C1CCCN(C(=O)c2cnc[nH]2)C1. The number of aromatic nitrogens is 2. The first-order valence-corrected chi connectivity index (χ1v) is 6.16. The van der Waals surface area contributed by atoms with Gasteiger partial charge >= 0.3 is 5.97 Å². The second-order valence-electron chi connectivity index (χ2n) is 4.31. The Morgan fingerprint density at radius 2 is 2.44 bits per heavy atom. The van der Waals surface area contributed by atoms with E-state index in [9.17, 15) is 9.59 Å². The van der Waals surface area contributed by atoms with E-state index < -0.39 is 0 Å². The standard InChI is InChI=1S/C12H17N3O3/c1-2-18-12(17)9-4-3-5-15(7-9)11(16)10-6-13-8-14-10/h6,8-9H,2-5,7H2,1H3,(H,13,14). The van der Waals surface area contributed by atoms with Gasteiger partial charge in [-0.25, -0.2) is 4.98 Å². The zero-order chi connectivity index (χ0) is 13.0. The fourth-order valence-corrected chi connectivity index (χ4v) is 2.16. The molecule has 0 aromatic carbocycles. The van der Waals surface area contributed by atoms with Crippen molar-refractivity contribution in [2.45, 2.75) is 19.8 Å². The van der Waals surface area contributed by atoms with E-state index in [2.05, 4.69) is 9.97 Å². The zero-order valence-corrected chi connectivity index (χ0v) is 10.4. The summed E-state index contributed by atoms with van der Waals surface area (Å²) in [5.41, 5.74) is 0.458. The highest BCUT2D eigenvalue weighted by Crippen LogP contribution is 2.19. The molecule has 1 atom stereocenters. The van der Waals surface area contributed by atoms with Crippen molar-refractivity contribution in [2.75, 3.05) is 19.7 Å². The van der Waals surface area contributed by atoms with E-state index in [1.165, 1.54) is 12.5 Å². The third kappa shape index (κ3) is 2.69. The molecule has 1 saturated heterocycles. The minimum absolute atomic E-state index is 0.110. The van der Waals surface area contributed by atoms with Gasteiger partial charge in [-0.05, 0) is 19.8 Å². The highest BCUT2D eigenvalue weighted by atomic mass is 16.5. The van der Waals surface area contributed by atoms with Crippen molar-refractivity contribution >= 4 is 11.9 Å². The number of amides is 1. The minimum atomic E-state index is -0.209. The molecule has 0 saturated carbocycles. The van der Waals surface area contributed by atoms with Crippen LogP contribution in [0.4, 0.5) is 0 Å². The summed E-state index contributed by atoms with van der Waals surface area (Å²) in [6.45, 7) is 3.27. The number of piperidine rings is 1. The predicted molar refractivity (Wildman–Crippen MR) is 63.8 cm³/mol. The van der Waals surface area contributed by atoms with E-state index >= 15 is 0 Å². The Morgan fingerprint density at radius 1 is 1.61 bits per heavy atom. The van der Waals surface area contributed by atoms with Crippen LogP contribution in [0.1, 0.15) is 30.3 Å². The van der Waals surface area contributed by atoms with E-state index in [0.717, 1.165) is 12.8 Å². The van der Waals surface area contributed by atoms with Crippen molar-refractivity contribution in [1.82, 2.24) is 14.9 Å². The van der Waals surface area contributed by atoms with Gasteiger partial charge in [0.15, 0.2) is 0 Å². The van der Waals surface area contributed by atoms with E-state index in [0.29, 0.717) is 25.4 Å². The normalized spacial score (nSPS) is 19.6. The van der Waals surface area contributed by atoms with Crippen LogP contribution in [0.2, 0.25) is 0 Å². The van der Waals surface area contributed by atoms with E-state index in [4.69, 9.17) is 4.74 Å². The molecule has 0 spiro atoms. The fraction of sp³-hybridized carbons (Fsp3) is 0.583. The Kier molecular flexibility index (Phi) is 3.96. The third-order valence-corrected chi connectivity index (χ3v) is 3.06. The summed E-state index contributed by atoms with van der Waals surface area (Å²) in [4.78, 5) is 32.1. The van der Waals surface area contributed by atoms with Gasteiger partial charge in [-0.2, -0.15) is 0 Å². The Labute approximate surface area is 105 Å². The first-order chi connectivity index (χ1) is 8.72. The molecular formula is C12H17N3O3. The second-order valence-corrected chi connectivity index (χ2v) is 4.31. The lowest BCUT2D eigenvalue weighted by molar-refractivity contribution is -0.149. The summed E-state index contributed by atoms with van der Waals surface area (Å²) >= 11 is 0. The molecule has 0 bridgehead atoms. The van der Waals surface area contributed by atoms with Crippen molar-refractivity contribution < 1.29 is 14.3 Å². The highest BCUT2D eigenvalue weighted by Gasteiger charge is 2.30. The summed E-state index contributed by atoms with van der Waals surface area (Å²) in [6, 6.07) is 0. The average molecular weight is 251 g/mol. The number of carbonyl (C=O) groups is 2. The molecule has 2 rings (SSSR count). The van der Waals surface area contributed by atoms with Gasteiger partial charge in [0.05, 0.1) is 25.0 Å². The number of H-pyrrole nitrogens is 1. The van der Waals surface area contributed by atoms with Crippen LogP contribution in [0.15, 0.2) is 12.5 Å². The Bertz CT molecular complexity index is 416. The number of rotatable bonds is 3. The predicted octanol–water partition coefficient (Wildman–Crippen LogP) is 0.825. The smallest absolute Gasteiger partial charge is 0.310 e. The number of carbonyl (C=O) groups excluding carboxylic acids is 2. The van der Waals surface area contributed by atoms with Crippen LogP contribution in [0.25, 0.3) is 0 Å². The second kappa shape index (κ2) is 5.66. The van der Waals surface area contributed by atoms with Crippen molar-refractivity contribution in [3.8, 4) is 0 Å². The maximum Gasteiger partial charge on any atom is 0.310 e. The van der Waals surface area contributed by atoms with Gasteiger partial charge in [0.25, 0.3) is 5.91 Å². The van der Waals surface area contributed by atoms with Gasteiger partial charge < -0.3 is 14.6 Å². The maximum absolute atomic E-state index is 12.1. The Morgan fingerprint density at radius 3 is 3.11 bits per heavy atom. The molecule has 0 aliphatic carbocycles. The fourth-order valence-electron chi connectivity index (χ4n) is 2.16. The molecule has 1 N–H and O–H groups in total. The van der Waals surface area contributed by atoms with E-state index in [1.54, 1.807) is 11.8 Å². The van der Waals surface area contributed by atoms with Gasteiger partial charge in [0, 0.05) is 13.1 Å². The third-order valence-electron chi connectivity index (χ3n) is 3.06. The van der Waals surface area contributed by atoms with Gasteiger partial charge in [-0.3, -0.25) is 9.59 Å². The van der Waals surface area contributed by atoms with Crippen LogP contribution in [0.3, 0.4) is 0 Å². The molecule has 18 heavy (non-hydrogen) atoms. The molecule has 98 valence electrons. The van der Waals surface area contributed by atoms with Crippen molar-refractivity contribution in [2.24, 2.45) is 5.92 Å². The summed E-state index contributed by atoms with van der Waals surface area (Å²) in [7, 11) is 0. The van der Waals surface area contributed by atoms with Crippen LogP contribution < -0.4 is 0 Å². The summed E-state index contributed by atoms with van der Waals surface area (Å²) in [6.07, 6.45) is 4.57. The molecule has 1 aliphatic heterocycles. The Hall–Kier alpha value is -1.85. The molecular weight excluding hydrogens is 234 g/mol. The number of nitrogens with one attached hydrogen (secondary N) is 1. The lowest BCUT2D eigenvalue weighted by Gasteiger charge is -2.31. The average Bonchev–Trinajstić information content (AvgIpc) is 2.92. The lowest BCUT2D eigenvalue weighted by Crippen LogP contribution is -2.42. The van der Waals surface area contributed by atoms with Crippen LogP contribution in [-0.2, 0) is 9.53 Å². The molecule has 0 radical (unpaired) electrons. The molecule has 1 aromatic heterocycles. The highest BCUT2D eigenvalue weighted by molar-refractivity contribution is 5.92. The molecule has 1 aliphatic rings. The summed E-state index contributed by atoms with van der Waals surface area (Å²) in [5, 5.41) is 0. The van der Waals surface area contributed by atoms with Crippen molar-refractivity contribution in [1.29, 1.82) is 0 Å². The number of nitrogens with zero attached hydrogens (tertiary/aromatic N) is 2. The minimum Gasteiger partial charge on any atom is -0.466 e. The number of esters is 1. The van der Waals surface area contributed by atoms with Crippen molar-refractivity contribution in [3.05, 3.63) is 18.2 Å². The molecule has 6 heteroatoms. The number of hydrogen-bond acceptors (Lipinski definition) is 4. The molecule has 1 amide bonds. The summed E-state index contributed by atoms with van der Waals surface area (Å²) < 4.78 is 5.00. The van der Waals surface area contributed by atoms with Crippen LogP contribution in [-0.4, -0.2) is 46.4 Å². The monoisotopic (exact) mass is 251 g/mol. The number of hydrogen-bond donors (Lipinski definition) is 1. The van der Waals surface area contributed by atoms with Crippen LogP contribution in [0.5, 0.6) is 0 Å². The number of imidazole rings is 1. The van der Waals surface area contributed by atoms with Crippen LogP contribution in [0, 0.1) is 5.92 Å². The van der Waals surface area contributed by atoms with E-state index in [-0.39, 0.29) is 17.8 Å². The molecule has 1 fully saturated rings. The van der Waals surface area contributed by atoms with Gasteiger partial charge in [0.2, 0.25) is 0 Å². The molecule has 1 aromatic rings. The largest absolute Gasteiger partial charge is 0.466 e. The number of ether oxygens (including phenoxy) is 1. The topological polar surface area (TPSA) is 75.3 Å². The summed E-state index contributed by atoms with van der Waals surface area (Å²) in [5.74, 6) is -0.522. The van der Waals surface area contributed by atoms with Gasteiger partial charge in [0.1, 0.15) is 5.69 Å². The maximum atomic E-state index is 12.1. The number of aromatic amines is 1. The molecule has 1 unspecified atom stereocenters. The number of likely N-dealkylation sites (tertiary alicyclic amines) is 1. The van der Waals surface area contributed by atoms with Crippen LogP contribution >= 0.6 is 0 Å². The quantitative estimate of drug-likeness (QED) is 0.807. The van der Waals surface area contributed by atoms with Crippen molar-refractivity contribution in [3.63, 3.8) is 0 Å². The van der Waals surface area contributed by atoms with Gasteiger partial charge in [-0.1, -0.05) is 0 Å². The molecule has 2 heterocycles. The van der Waals surface area contributed by atoms with Gasteiger partial charge in [-0.15, -0.1) is 0 Å². The molecule has 6 nitrogen and oxygen atoms in total. The first-order valence-electron chi connectivity index (χ1n) is 6.16. The Balaban J connectivity index is 1.98.